The molecule has 0 aliphatic rings. The van der Waals surface area contributed by atoms with E-state index in [2.05, 4.69) is 0 Å². The molecule has 9 heteroatoms. The second kappa shape index (κ2) is 4.98. The SMILES string of the molecule is Nc1ccc(NC(=O)CC(F)(F)F)c(C(F)(F)F)c1. The van der Waals surface area contributed by atoms with Gasteiger partial charge < -0.3 is 11.1 Å². The van der Waals surface area contributed by atoms with Crippen molar-refractivity contribution in [1.82, 2.24) is 0 Å². The lowest BCUT2D eigenvalue weighted by Gasteiger charge is -2.15. The van der Waals surface area contributed by atoms with Crippen molar-refractivity contribution in [3.8, 4) is 0 Å². The Morgan fingerprint density at radius 3 is 2.21 bits per heavy atom. The number of nitrogen functional groups attached to an aromatic ring is 1. The van der Waals surface area contributed by atoms with E-state index in [0.717, 1.165) is 12.1 Å². The first-order valence-corrected chi connectivity index (χ1v) is 4.82. The van der Waals surface area contributed by atoms with Gasteiger partial charge in [-0.1, -0.05) is 0 Å². The topological polar surface area (TPSA) is 55.1 Å². The minimum atomic E-state index is -4.84. The maximum absolute atomic E-state index is 12.6. The summed E-state index contributed by atoms with van der Waals surface area (Å²) >= 11 is 0. The van der Waals surface area contributed by atoms with E-state index in [1.807, 2.05) is 0 Å². The summed E-state index contributed by atoms with van der Waals surface area (Å²) in [5, 5.41) is 1.57. The van der Waals surface area contributed by atoms with Crippen LogP contribution in [0.5, 0.6) is 0 Å². The third kappa shape index (κ3) is 4.68. The van der Waals surface area contributed by atoms with E-state index in [0.29, 0.717) is 6.07 Å². The van der Waals surface area contributed by atoms with Gasteiger partial charge in [-0.2, -0.15) is 26.3 Å². The lowest BCUT2D eigenvalue weighted by molar-refractivity contribution is -0.150. The quantitative estimate of drug-likeness (QED) is 0.648. The van der Waals surface area contributed by atoms with Crippen molar-refractivity contribution in [3.63, 3.8) is 0 Å². The number of benzene rings is 1. The van der Waals surface area contributed by atoms with Crippen LogP contribution >= 0.6 is 0 Å². The first kappa shape index (κ1) is 15.1. The molecule has 0 radical (unpaired) electrons. The second-order valence-corrected chi connectivity index (χ2v) is 3.64. The van der Waals surface area contributed by atoms with Gasteiger partial charge in [-0.3, -0.25) is 4.79 Å². The number of rotatable bonds is 2. The molecule has 0 spiro atoms. The number of nitrogens with two attached hydrogens (primary N) is 1. The van der Waals surface area contributed by atoms with Gasteiger partial charge in [0, 0.05) is 5.69 Å². The van der Waals surface area contributed by atoms with E-state index in [4.69, 9.17) is 5.73 Å². The minimum absolute atomic E-state index is 0.221. The predicted molar refractivity (Wildman–Crippen MR) is 55.2 cm³/mol. The smallest absolute Gasteiger partial charge is 0.399 e. The second-order valence-electron chi connectivity index (χ2n) is 3.64. The van der Waals surface area contributed by atoms with Gasteiger partial charge in [0.1, 0.15) is 6.42 Å². The van der Waals surface area contributed by atoms with E-state index in [1.165, 1.54) is 0 Å². The van der Waals surface area contributed by atoms with Crippen LogP contribution in [0.25, 0.3) is 0 Å². The number of nitrogens with one attached hydrogen (secondary N) is 1. The average molecular weight is 286 g/mol. The van der Waals surface area contributed by atoms with Crippen molar-refractivity contribution < 1.29 is 31.1 Å². The molecule has 0 aromatic heterocycles. The van der Waals surface area contributed by atoms with Crippen molar-refractivity contribution in [2.24, 2.45) is 0 Å². The van der Waals surface area contributed by atoms with Crippen LogP contribution in [-0.2, 0) is 11.0 Å². The number of amides is 1. The minimum Gasteiger partial charge on any atom is -0.399 e. The van der Waals surface area contributed by atoms with Crippen LogP contribution in [0.2, 0.25) is 0 Å². The molecule has 0 aliphatic heterocycles. The fourth-order valence-corrected chi connectivity index (χ4v) is 1.28. The molecule has 1 amide bonds. The van der Waals surface area contributed by atoms with Crippen molar-refractivity contribution in [3.05, 3.63) is 23.8 Å². The fourth-order valence-electron chi connectivity index (χ4n) is 1.28. The van der Waals surface area contributed by atoms with Crippen LogP contribution < -0.4 is 11.1 Å². The molecule has 0 bridgehead atoms. The Balaban J connectivity index is 2.99. The first-order chi connectivity index (χ1) is 8.49. The highest BCUT2D eigenvalue weighted by Crippen LogP contribution is 2.36. The zero-order chi connectivity index (χ0) is 14.8. The molecular weight excluding hydrogens is 278 g/mol. The van der Waals surface area contributed by atoms with E-state index >= 15 is 0 Å². The van der Waals surface area contributed by atoms with Crippen LogP contribution in [0.1, 0.15) is 12.0 Å². The van der Waals surface area contributed by atoms with Gasteiger partial charge in [0.15, 0.2) is 0 Å². The summed E-state index contributed by atoms with van der Waals surface area (Å²) < 4.78 is 73.5. The lowest BCUT2D eigenvalue weighted by atomic mass is 10.1. The molecule has 0 aliphatic carbocycles. The molecule has 1 aromatic carbocycles. The van der Waals surface area contributed by atoms with Gasteiger partial charge in [-0.25, -0.2) is 0 Å². The number of carbonyl (C=O) groups is 1. The zero-order valence-electron chi connectivity index (χ0n) is 9.19. The Labute approximate surface area is 103 Å². The molecule has 3 N–H and O–H groups in total. The first-order valence-electron chi connectivity index (χ1n) is 4.82. The molecule has 0 saturated heterocycles. The van der Waals surface area contributed by atoms with Gasteiger partial charge >= 0.3 is 12.4 Å². The lowest BCUT2D eigenvalue weighted by Crippen LogP contribution is -2.22. The highest BCUT2D eigenvalue weighted by atomic mass is 19.4. The molecule has 106 valence electrons. The third-order valence-electron chi connectivity index (χ3n) is 1.98. The monoisotopic (exact) mass is 286 g/mol. The molecule has 0 fully saturated rings. The third-order valence-corrected chi connectivity index (χ3v) is 1.98. The zero-order valence-corrected chi connectivity index (χ0v) is 9.19. The number of halogens is 6. The van der Waals surface area contributed by atoms with Gasteiger partial charge in [0.05, 0.1) is 11.3 Å². The standard InChI is InChI=1S/C10H8F6N2O/c11-9(12,13)4-8(19)18-7-2-1-5(17)3-6(7)10(14,15)16/h1-3H,4,17H2,(H,18,19). The van der Waals surface area contributed by atoms with Crippen LogP contribution in [0.4, 0.5) is 37.7 Å². The predicted octanol–water partition coefficient (Wildman–Crippen LogP) is 3.18. The van der Waals surface area contributed by atoms with Crippen LogP contribution in [-0.4, -0.2) is 12.1 Å². The summed E-state index contributed by atoms with van der Waals surface area (Å²) in [5.74, 6) is -1.58. The summed E-state index contributed by atoms with van der Waals surface area (Å²) in [6, 6.07) is 2.37. The Kier molecular flexibility index (Phi) is 3.97. The highest BCUT2D eigenvalue weighted by molar-refractivity contribution is 5.92. The Hall–Kier alpha value is -1.93. The molecule has 0 heterocycles. The van der Waals surface area contributed by atoms with Crippen molar-refractivity contribution >= 4 is 17.3 Å². The Bertz CT molecular complexity index is 480. The van der Waals surface area contributed by atoms with Crippen molar-refractivity contribution in [2.45, 2.75) is 18.8 Å². The van der Waals surface area contributed by atoms with Crippen molar-refractivity contribution in [2.75, 3.05) is 11.1 Å². The van der Waals surface area contributed by atoms with Gasteiger partial charge in [0.25, 0.3) is 0 Å². The fraction of sp³-hybridized carbons (Fsp3) is 0.300. The van der Waals surface area contributed by atoms with E-state index in [1.54, 1.807) is 5.32 Å². The number of hydrogen-bond donors (Lipinski definition) is 2. The molecule has 1 aromatic rings. The number of hydrogen-bond acceptors (Lipinski definition) is 2. The summed E-state index contributed by atoms with van der Waals surface area (Å²) in [4.78, 5) is 11.0. The summed E-state index contributed by atoms with van der Waals surface area (Å²) in [5.41, 5.74) is 2.87. The summed E-state index contributed by atoms with van der Waals surface area (Å²) in [7, 11) is 0. The van der Waals surface area contributed by atoms with Gasteiger partial charge in [-0.05, 0) is 18.2 Å². The van der Waals surface area contributed by atoms with E-state index in [-0.39, 0.29) is 5.69 Å². The summed E-state index contributed by atoms with van der Waals surface area (Å²) in [6.07, 6.45) is -11.5. The van der Waals surface area contributed by atoms with Gasteiger partial charge in [0.2, 0.25) is 5.91 Å². The molecule has 19 heavy (non-hydrogen) atoms. The van der Waals surface area contributed by atoms with E-state index in [9.17, 15) is 31.1 Å². The summed E-state index contributed by atoms with van der Waals surface area (Å²) in [6.45, 7) is 0. The molecule has 0 atom stereocenters. The maximum Gasteiger partial charge on any atom is 0.418 e. The average Bonchev–Trinajstić information content (AvgIpc) is 2.16. The molecular formula is C10H8F6N2O. The van der Waals surface area contributed by atoms with Crippen LogP contribution in [0.15, 0.2) is 18.2 Å². The number of anilines is 2. The van der Waals surface area contributed by atoms with Gasteiger partial charge in [-0.15, -0.1) is 0 Å². The van der Waals surface area contributed by atoms with Crippen LogP contribution in [0.3, 0.4) is 0 Å². The Morgan fingerprint density at radius 2 is 1.74 bits per heavy atom. The van der Waals surface area contributed by atoms with E-state index < -0.39 is 35.9 Å². The highest BCUT2D eigenvalue weighted by Gasteiger charge is 2.36. The van der Waals surface area contributed by atoms with Crippen molar-refractivity contribution in [1.29, 1.82) is 0 Å². The van der Waals surface area contributed by atoms with Crippen LogP contribution in [0, 0.1) is 0 Å². The largest absolute Gasteiger partial charge is 0.418 e. The maximum atomic E-state index is 12.6. The normalized spacial score (nSPS) is 12.3. The molecule has 0 saturated carbocycles. The molecule has 1 rings (SSSR count). The molecule has 3 nitrogen and oxygen atoms in total. The molecule has 0 unspecified atom stereocenters. The Morgan fingerprint density at radius 1 is 1.16 bits per heavy atom. The number of alkyl halides is 6. The number of carbonyl (C=O) groups excluding carboxylic acids is 1.